The number of hydrogen-bond acceptors (Lipinski definition) is 4. The van der Waals surface area contributed by atoms with Gasteiger partial charge >= 0.3 is 5.97 Å². The molecule has 2 amide bonds. The van der Waals surface area contributed by atoms with E-state index in [1.807, 2.05) is 0 Å². The third kappa shape index (κ3) is 3.83. The van der Waals surface area contributed by atoms with Crippen molar-refractivity contribution < 1.29 is 24.2 Å². The molecule has 130 valence electrons. The molecule has 1 aliphatic carbocycles. The third-order valence-electron chi connectivity index (χ3n) is 5.03. The number of amides is 2. The second kappa shape index (κ2) is 7.29. The number of aliphatic carboxylic acids is 1. The number of nitrogens with zero attached hydrogens (tertiary/aromatic N) is 2. The molecule has 1 N–H and O–H groups in total. The van der Waals surface area contributed by atoms with E-state index >= 15 is 0 Å². The summed E-state index contributed by atoms with van der Waals surface area (Å²) in [5.74, 6) is -1.59. The Kier molecular flexibility index (Phi) is 5.62. The van der Waals surface area contributed by atoms with Crippen LogP contribution < -0.4 is 0 Å². The van der Waals surface area contributed by atoms with Crippen LogP contribution in [0.1, 0.15) is 32.1 Å². The Balaban J connectivity index is 1.91. The van der Waals surface area contributed by atoms with Gasteiger partial charge in [0, 0.05) is 27.2 Å². The number of carboxylic acids is 1. The first-order valence-corrected chi connectivity index (χ1v) is 8.15. The maximum Gasteiger partial charge on any atom is 0.308 e. The monoisotopic (exact) mass is 326 g/mol. The molecule has 1 saturated carbocycles. The van der Waals surface area contributed by atoms with Gasteiger partial charge in [-0.15, -0.1) is 0 Å². The van der Waals surface area contributed by atoms with Gasteiger partial charge in [-0.1, -0.05) is 6.42 Å². The number of carboxylic acid groups (broad SMARTS) is 1. The van der Waals surface area contributed by atoms with E-state index in [0.717, 1.165) is 19.3 Å². The Morgan fingerprint density at radius 3 is 2.52 bits per heavy atom. The van der Waals surface area contributed by atoms with E-state index in [9.17, 15) is 14.4 Å². The van der Waals surface area contributed by atoms with Crippen molar-refractivity contribution >= 4 is 17.8 Å². The number of ether oxygens (including phenoxy) is 1. The molecule has 1 unspecified atom stereocenters. The summed E-state index contributed by atoms with van der Waals surface area (Å²) in [7, 11) is 3.22. The van der Waals surface area contributed by atoms with Crippen molar-refractivity contribution in [3.8, 4) is 0 Å². The summed E-state index contributed by atoms with van der Waals surface area (Å²) < 4.78 is 5.17. The van der Waals surface area contributed by atoms with Gasteiger partial charge in [0.1, 0.15) is 0 Å². The minimum atomic E-state index is -0.861. The first kappa shape index (κ1) is 17.7. The Morgan fingerprint density at radius 2 is 2.00 bits per heavy atom. The SMILES string of the molecule is COCC1(C(=O)N(C)CC(=O)N2CCCC(C(=O)O)C2)CCC1. The van der Waals surface area contributed by atoms with Crippen molar-refractivity contribution in [1.29, 1.82) is 0 Å². The van der Waals surface area contributed by atoms with Crippen LogP contribution in [0.25, 0.3) is 0 Å². The predicted octanol–water partition coefficient (Wildman–Crippen LogP) is 0.585. The average molecular weight is 326 g/mol. The smallest absolute Gasteiger partial charge is 0.308 e. The zero-order valence-corrected chi connectivity index (χ0v) is 13.9. The summed E-state index contributed by atoms with van der Waals surface area (Å²) in [6, 6.07) is 0. The van der Waals surface area contributed by atoms with Gasteiger partial charge in [0.2, 0.25) is 11.8 Å². The molecule has 0 aromatic carbocycles. The van der Waals surface area contributed by atoms with Gasteiger partial charge in [-0.25, -0.2) is 0 Å². The Bertz CT molecular complexity index is 475. The fourth-order valence-electron chi connectivity index (χ4n) is 3.48. The fourth-order valence-corrected chi connectivity index (χ4v) is 3.48. The maximum absolute atomic E-state index is 12.6. The molecule has 7 heteroatoms. The lowest BCUT2D eigenvalue weighted by Gasteiger charge is -2.42. The lowest BCUT2D eigenvalue weighted by Crippen LogP contribution is -2.52. The number of likely N-dealkylation sites (tertiary alicyclic amines) is 1. The maximum atomic E-state index is 12.6. The lowest BCUT2D eigenvalue weighted by atomic mass is 9.68. The normalized spacial score (nSPS) is 23.0. The Hall–Kier alpha value is -1.63. The molecule has 7 nitrogen and oxygen atoms in total. The predicted molar refractivity (Wildman–Crippen MR) is 82.7 cm³/mol. The number of carbonyl (C=O) groups is 3. The topological polar surface area (TPSA) is 87.2 Å². The van der Waals surface area contributed by atoms with Crippen LogP contribution in [-0.4, -0.2) is 73.1 Å². The van der Waals surface area contributed by atoms with Crippen molar-refractivity contribution in [2.45, 2.75) is 32.1 Å². The lowest BCUT2D eigenvalue weighted by molar-refractivity contribution is -0.155. The molecule has 0 spiro atoms. The summed E-state index contributed by atoms with van der Waals surface area (Å²) in [5.41, 5.74) is -0.477. The number of carbonyl (C=O) groups excluding carboxylic acids is 2. The molecule has 1 saturated heterocycles. The summed E-state index contributed by atoms with van der Waals surface area (Å²) in [6.07, 6.45) is 3.88. The van der Waals surface area contributed by atoms with Crippen LogP contribution in [0, 0.1) is 11.3 Å². The van der Waals surface area contributed by atoms with Crippen molar-refractivity contribution in [1.82, 2.24) is 9.80 Å². The van der Waals surface area contributed by atoms with E-state index in [4.69, 9.17) is 9.84 Å². The Labute approximate surface area is 136 Å². The van der Waals surface area contributed by atoms with E-state index < -0.39 is 17.3 Å². The first-order valence-electron chi connectivity index (χ1n) is 8.15. The van der Waals surface area contributed by atoms with Crippen LogP contribution in [0.15, 0.2) is 0 Å². The van der Waals surface area contributed by atoms with Crippen LogP contribution in [-0.2, 0) is 19.1 Å². The minimum Gasteiger partial charge on any atom is -0.481 e. The zero-order chi connectivity index (χ0) is 17.0. The quantitative estimate of drug-likeness (QED) is 0.772. The third-order valence-corrected chi connectivity index (χ3v) is 5.03. The van der Waals surface area contributed by atoms with Gasteiger partial charge in [-0.3, -0.25) is 14.4 Å². The first-order chi connectivity index (χ1) is 10.9. The van der Waals surface area contributed by atoms with E-state index in [-0.39, 0.29) is 24.9 Å². The largest absolute Gasteiger partial charge is 0.481 e. The second-order valence-electron chi connectivity index (χ2n) is 6.75. The number of piperidine rings is 1. The molecule has 1 atom stereocenters. The highest BCUT2D eigenvalue weighted by Crippen LogP contribution is 2.42. The standard InChI is InChI=1S/C16H26N2O5/c1-17(15(22)16(11-23-2)6-4-7-16)10-13(19)18-8-3-5-12(9-18)14(20)21/h12H,3-11H2,1-2H3,(H,20,21). The molecule has 2 fully saturated rings. The van der Waals surface area contributed by atoms with E-state index in [1.54, 1.807) is 19.1 Å². The molecule has 23 heavy (non-hydrogen) atoms. The van der Waals surface area contributed by atoms with Crippen LogP contribution in [0.3, 0.4) is 0 Å². The van der Waals surface area contributed by atoms with Crippen molar-refractivity contribution in [3.05, 3.63) is 0 Å². The minimum absolute atomic E-state index is 0.00334. The molecule has 1 aliphatic heterocycles. The van der Waals surface area contributed by atoms with Crippen molar-refractivity contribution in [3.63, 3.8) is 0 Å². The van der Waals surface area contributed by atoms with Gasteiger partial charge in [0.05, 0.1) is 24.5 Å². The summed E-state index contributed by atoms with van der Waals surface area (Å²) in [5, 5.41) is 9.10. The van der Waals surface area contributed by atoms with Crippen LogP contribution in [0.5, 0.6) is 0 Å². The molecule has 0 aromatic heterocycles. The molecule has 1 heterocycles. The van der Waals surface area contributed by atoms with Crippen LogP contribution >= 0.6 is 0 Å². The van der Waals surface area contributed by atoms with E-state index in [1.165, 1.54) is 4.90 Å². The zero-order valence-electron chi connectivity index (χ0n) is 13.9. The van der Waals surface area contributed by atoms with Gasteiger partial charge in [0.15, 0.2) is 0 Å². The summed E-state index contributed by atoms with van der Waals surface area (Å²) in [6.45, 7) is 1.18. The number of rotatable bonds is 6. The molecular weight excluding hydrogens is 300 g/mol. The highest BCUT2D eigenvalue weighted by atomic mass is 16.5. The molecule has 0 bridgehead atoms. The second-order valence-corrected chi connectivity index (χ2v) is 6.75. The average Bonchev–Trinajstić information content (AvgIpc) is 2.50. The number of methoxy groups -OCH3 is 1. The van der Waals surface area contributed by atoms with Gasteiger partial charge in [0.25, 0.3) is 0 Å². The molecular formula is C16H26N2O5. The molecule has 0 radical (unpaired) electrons. The summed E-state index contributed by atoms with van der Waals surface area (Å²) >= 11 is 0. The fraction of sp³-hybridized carbons (Fsp3) is 0.812. The summed E-state index contributed by atoms with van der Waals surface area (Å²) in [4.78, 5) is 39.1. The van der Waals surface area contributed by atoms with E-state index in [0.29, 0.717) is 26.0 Å². The van der Waals surface area contributed by atoms with E-state index in [2.05, 4.69) is 0 Å². The number of likely N-dealkylation sites (N-methyl/N-ethyl adjacent to an activating group) is 1. The highest BCUT2D eigenvalue weighted by molar-refractivity contribution is 5.88. The Morgan fingerprint density at radius 1 is 1.30 bits per heavy atom. The van der Waals surface area contributed by atoms with Crippen molar-refractivity contribution in [2.75, 3.05) is 40.4 Å². The molecule has 0 aromatic rings. The van der Waals surface area contributed by atoms with Crippen molar-refractivity contribution in [2.24, 2.45) is 11.3 Å². The van der Waals surface area contributed by atoms with Crippen LogP contribution in [0.2, 0.25) is 0 Å². The number of hydrogen-bond donors (Lipinski definition) is 1. The van der Waals surface area contributed by atoms with Gasteiger partial charge < -0.3 is 19.6 Å². The van der Waals surface area contributed by atoms with Crippen LogP contribution in [0.4, 0.5) is 0 Å². The van der Waals surface area contributed by atoms with Gasteiger partial charge in [-0.2, -0.15) is 0 Å². The molecule has 2 aliphatic rings. The van der Waals surface area contributed by atoms with Gasteiger partial charge in [-0.05, 0) is 25.7 Å². The highest BCUT2D eigenvalue weighted by Gasteiger charge is 2.46. The molecule has 2 rings (SSSR count).